The summed E-state index contributed by atoms with van der Waals surface area (Å²) in [5.41, 5.74) is 1.12. The lowest BCUT2D eigenvalue weighted by Gasteiger charge is -2.26. The lowest BCUT2D eigenvalue weighted by Crippen LogP contribution is -2.41. The van der Waals surface area contributed by atoms with E-state index >= 15 is 0 Å². The predicted octanol–water partition coefficient (Wildman–Crippen LogP) is 1.26. The second-order valence-electron chi connectivity index (χ2n) is 6.36. The van der Waals surface area contributed by atoms with E-state index < -0.39 is 4.92 Å². The first-order valence-electron chi connectivity index (χ1n) is 8.77. The minimum atomic E-state index is -0.460. The van der Waals surface area contributed by atoms with E-state index in [9.17, 15) is 14.9 Å². The van der Waals surface area contributed by atoms with Gasteiger partial charge in [0, 0.05) is 51.4 Å². The lowest BCUT2D eigenvalue weighted by atomic mass is 10.1. The Bertz CT molecular complexity index is 625. The Hall–Kier alpha value is -2.19. The van der Waals surface area contributed by atoms with Gasteiger partial charge >= 0.3 is 0 Å². The van der Waals surface area contributed by atoms with E-state index in [4.69, 9.17) is 4.74 Å². The maximum atomic E-state index is 12.6. The number of benzene rings is 1. The Morgan fingerprint density at radius 2 is 1.92 bits per heavy atom. The number of nitro groups is 1. The molecule has 0 unspecified atom stereocenters. The summed E-state index contributed by atoms with van der Waals surface area (Å²) >= 11 is 0. The number of carbonyl (C=O) groups excluding carboxylic acids is 1. The smallest absolute Gasteiger partial charge is 0.270 e. The minimum absolute atomic E-state index is 0.0544. The summed E-state index contributed by atoms with van der Waals surface area (Å²) < 4.78 is 5.31. The number of rotatable bonds is 6. The molecule has 0 bridgehead atoms. The van der Waals surface area contributed by atoms with E-state index in [1.165, 1.54) is 12.1 Å². The van der Waals surface area contributed by atoms with Gasteiger partial charge in [-0.2, -0.15) is 0 Å². The highest BCUT2D eigenvalue weighted by atomic mass is 16.6. The first-order valence-corrected chi connectivity index (χ1v) is 8.77. The van der Waals surface area contributed by atoms with Crippen LogP contribution in [-0.2, 0) is 4.74 Å². The molecule has 2 aliphatic rings. The van der Waals surface area contributed by atoms with Crippen molar-refractivity contribution in [3.8, 4) is 0 Å². The van der Waals surface area contributed by atoms with Crippen LogP contribution in [0.1, 0.15) is 23.2 Å². The van der Waals surface area contributed by atoms with E-state index in [0.29, 0.717) is 12.1 Å². The fraction of sp³-hybridized carbons (Fsp3) is 0.588. The molecule has 1 amide bonds. The molecule has 0 aromatic heterocycles. The van der Waals surface area contributed by atoms with Crippen LogP contribution in [0.15, 0.2) is 18.2 Å². The third-order valence-corrected chi connectivity index (χ3v) is 4.70. The van der Waals surface area contributed by atoms with Crippen LogP contribution < -0.4 is 10.2 Å². The maximum absolute atomic E-state index is 12.6. The number of amides is 1. The third-order valence-electron chi connectivity index (χ3n) is 4.70. The molecular weight excluding hydrogens is 324 g/mol. The number of nitrogens with one attached hydrogen (secondary N) is 1. The van der Waals surface area contributed by atoms with Crippen LogP contribution in [0, 0.1) is 10.1 Å². The van der Waals surface area contributed by atoms with Gasteiger partial charge in [-0.1, -0.05) is 0 Å². The fourth-order valence-corrected chi connectivity index (χ4v) is 3.30. The van der Waals surface area contributed by atoms with Gasteiger partial charge in [-0.3, -0.25) is 19.8 Å². The number of carbonyl (C=O) groups is 1. The Morgan fingerprint density at radius 1 is 1.20 bits per heavy atom. The largest absolute Gasteiger partial charge is 0.379 e. The lowest BCUT2D eigenvalue weighted by molar-refractivity contribution is -0.384. The quantitative estimate of drug-likeness (QED) is 0.615. The summed E-state index contributed by atoms with van der Waals surface area (Å²) in [7, 11) is 0. The summed E-state index contributed by atoms with van der Waals surface area (Å²) in [5, 5.41) is 14.0. The molecule has 136 valence electrons. The standard InChI is InChI=1S/C17H24N4O4/c22-17(18-5-8-19-9-11-25-12-10-19)15-13-14(21(23)24)3-4-16(15)20-6-1-2-7-20/h3-4,13H,1-2,5-12H2,(H,18,22). The van der Waals surface area contributed by atoms with Crippen LogP contribution >= 0.6 is 0 Å². The van der Waals surface area contributed by atoms with E-state index in [1.54, 1.807) is 6.07 Å². The van der Waals surface area contributed by atoms with Crippen molar-refractivity contribution in [2.45, 2.75) is 12.8 Å². The molecule has 1 N–H and O–H groups in total. The molecule has 1 aromatic rings. The first-order chi connectivity index (χ1) is 12.1. The zero-order valence-corrected chi connectivity index (χ0v) is 14.3. The highest BCUT2D eigenvalue weighted by Gasteiger charge is 2.22. The number of hydrogen-bond acceptors (Lipinski definition) is 6. The van der Waals surface area contributed by atoms with Crippen LogP contribution in [0.4, 0.5) is 11.4 Å². The highest BCUT2D eigenvalue weighted by Crippen LogP contribution is 2.28. The molecule has 0 atom stereocenters. The molecule has 2 saturated heterocycles. The highest BCUT2D eigenvalue weighted by molar-refractivity contribution is 6.00. The van der Waals surface area contributed by atoms with Crippen molar-refractivity contribution in [1.82, 2.24) is 10.2 Å². The summed E-state index contributed by atoms with van der Waals surface area (Å²) in [6, 6.07) is 4.55. The van der Waals surface area contributed by atoms with Crippen molar-refractivity contribution in [2.24, 2.45) is 0 Å². The van der Waals surface area contributed by atoms with Crippen molar-refractivity contribution in [2.75, 3.05) is 57.4 Å². The maximum Gasteiger partial charge on any atom is 0.270 e. The number of non-ortho nitro benzene ring substituents is 1. The second kappa shape index (κ2) is 8.26. The van der Waals surface area contributed by atoms with Gasteiger partial charge in [-0.25, -0.2) is 0 Å². The monoisotopic (exact) mass is 348 g/mol. The number of ether oxygens (including phenoxy) is 1. The van der Waals surface area contributed by atoms with Gasteiger partial charge in [-0.15, -0.1) is 0 Å². The third kappa shape index (κ3) is 4.46. The van der Waals surface area contributed by atoms with Gasteiger partial charge in [0.2, 0.25) is 0 Å². The number of anilines is 1. The number of hydrogen-bond donors (Lipinski definition) is 1. The molecule has 2 aliphatic heterocycles. The van der Waals surface area contributed by atoms with Gasteiger partial charge < -0.3 is 15.0 Å². The topological polar surface area (TPSA) is 88.0 Å². The zero-order chi connectivity index (χ0) is 17.6. The van der Waals surface area contributed by atoms with Crippen LogP contribution in [-0.4, -0.2) is 68.2 Å². The first kappa shape index (κ1) is 17.6. The van der Waals surface area contributed by atoms with E-state index in [2.05, 4.69) is 15.1 Å². The Morgan fingerprint density at radius 3 is 2.60 bits per heavy atom. The molecule has 25 heavy (non-hydrogen) atoms. The van der Waals surface area contributed by atoms with Crippen LogP contribution in [0.2, 0.25) is 0 Å². The molecular formula is C17H24N4O4. The van der Waals surface area contributed by atoms with E-state index in [0.717, 1.165) is 64.5 Å². The van der Waals surface area contributed by atoms with Crippen molar-refractivity contribution in [1.29, 1.82) is 0 Å². The molecule has 8 heteroatoms. The van der Waals surface area contributed by atoms with Gasteiger partial charge in [0.25, 0.3) is 11.6 Å². The fourth-order valence-electron chi connectivity index (χ4n) is 3.30. The van der Waals surface area contributed by atoms with Crippen LogP contribution in [0.25, 0.3) is 0 Å². The van der Waals surface area contributed by atoms with Crippen molar-refractivity contribution >= 4 is 17.3 Å². The molecule has 0 radical (unpaired) electrons. The number of nitro benzene ring substituents is 1. The molecule has 8 nitrogen and oxygen atoms in total. The van der Waals surface area contributed by atoms with Gasteiger partial charge in [0.1, 0.15) is 0 Å². The van der Waals surface area contributed by atoms with Crippen LogP contribution in [0.3, 0.4) is 0 Å². The summed E-state index contributed by atoms with van der Waals surface area (Å²) in [6.07, 6.45) is 2.16. The van der Waals surface area contributed by atoms with Gasteiger partial charge in [-0.05, 0) is 18.9 Å². The molecule has 3 rings (SSSR count). The molecule has 0 spiro atoms. The summed E-state index contributed by atoms with van der Waals surface area (Å²) in [4.78, 5) is 27.6. The minimum Gasteiger partial charge on any atom is -0.379 e. The average Bonchev–Trinajstić information content (AvgIpc) is 3.16. The average molecular weight is 348 g/mol. The normalized spacial score (nSPS) is 18.3. The second-order valence-corrected chi connectivity index (χ2v) is 6.36. The predicted molar refractivity (Wildman–Crippen MR) is 94.1 cm³/mol. The Balaban J connectivity index is 1.67. The van der Waals surface area contributed by atoms with E-state index in [1.807, 2.05) is 0 Å². The van der Waals surface area contributed by atoms with Crippen molar-refractivity contribution < 1.29 is 14.5 Å². The van der Waals surface area contributed by atoms with Gasteiger partial charge in [0.05, 0.1) is 29.4 Å². The molecule has 1 aromatic carbocycles. The molecule has 0 aliphatic carbocycles. The SMILES string of the molecule is O=C(NCCN1CCOCC1)c1cc([N+](=O)[O-])ccc1N1CCCC1. The van der Waals surface area contributed by atoms with Crippen LogP contribution in [0.5, 0.6) is 0 Å². The van der Waals surface area contributed by atoms with Gasteiger partial charge in [0.15, 0.2) is 0 Å². The Labute approximate surface area is 146 Å². The zero-order valence-electron chi connectivity index (χ0n) is 14.3. The number of morpholine rings is 1. The molecule has 0 saturated carbocycles. The van der Waals surface area contributed by atoms with Crippen molar-refractivity contribution in [3.05, 3.63) is 33.9 Å². The Kier molecular flexibility index (Phi) is 5.83. The number of nitrogens with zero attached hydrogens (tertiary/aromatic N) is 3. The van der Waals surface area contributed by atoms with E-state index in [-0.39, 0.29) is 11.6 Å². The summed E-state index contributed by atoms with van der Waals surface area (Å²) in [6.45, 7) is 6.20. The van der Waals surface area contributed by atoms with Crippen molar-refractivity contribution in [3.63, 3.8) is 0 Å². The molecule has 2 heterocycles. The summed E-state index contributed by atoms with van der Waals surface area (Å²) in [5.74, 6) is -0.251. The molecule has 2 fully saturated rings.